The summed E-state index contributed by atoms with van der Waals surface area (Å²) in [6.07, 6.45) is 5.90. The first kappa shape index (κ1) is 20.6. The summed E-state index contributed by atoms with van der Waals surface area (Å²) in [7, 11) is 0. The van der Waals surface area contributed by atoms with Gasteiger partial charge in [0, 0.05) is 0 Å². The molecule has 5 N–H and O–H groups in total. The number of nitrogens with one attached hydrogen (secondary N) is 1. The summed E-state index contributed by atoms with van der Waals surface area (Å²) >= 11 is 11.8. The van der Waals surface area contributed by atoms with Crippen LogP contribution in [0.2, 0.25) is 10.0 Å². The summed E-state index contributed by atoms with van der Waals surface area (Å²) in [5, 5.41) is 3.81. The van der Waals surface area contributed by atoms with Gasteiger partial charge in [0.25, 0.3) is 0 Å². The van der Waals surface area contributed by atoms with Crippen LogP contribution in [0.15, 0.2) is 28.2 Å². The van der Waals surface area contributed by atoms with Crippen LogP contribution < -0.4 is 16.8 Å². The molecule has 0 heterocycles. The lowest BCUT2D eigenvalue weighted by Crippen LogP contribution is -2.42. The molecule has 24 heavy (non-hydrogen) atoms. The second kappa shape index (κ2) is 11.2. The van der Waals surface area contributed by atoms with Crippen molar-refractivity contribution in [2.45, 2.75) is 58.5 Å². The van der Waals surface area contributed by atoms with Gasteiger partial charge in [-0.05, 0) is 31.0 Å². The van der Waals surface area contributed by atoms with Crippen molar-refractivity contribution in [3.63, 3.8) is 0 Å². The van der Waals surface area contributed by atoms with Crippen LogP contribution in [0.25, 0.3) is 0 Å². The first-order chi connectivity index (χ1) is 11.4. The minimum Gasteiger partial charge on any atom is -0.370 e. The number of nitrogens with zero attached hydrogens (tertiary/aromatic N) is 2. The van der Waals surface area contributed by atoms with Crippen molar-refractivity contribution in [3.8, 4) is 0 Å². The van der Waals surface area contributed by atoms with E-state index in [0.29, 0.717) is 16.6 Å². The van der Waals surface area contributed by atoms with E-state index in [1.54, 1.807) is 12.1 Å². The zero-order chi connectivity index (χ0) is 17.9. The third kappa shape index (κ3) is 8.41. The van der Waals surface area contributed by atoms with Crippen LogP contribution in [-0.2, 0) is 6.54 Å². The highest BCUT2D eigenvalue weighted by Crippen LogP contribution is 2.22. The number of nitrogens with two attached hydrogens (primary N) is 2. The number of unbranched alkanes of at least 4 members (excludes halogenated alkanes) is 3. The molecule has 0 spiro atoms. The highest BCUT2D eigenvalue weighted by Gasteiger charge is 2.03. The standard InChI is InChI=1S/C17H27Cl2N5/c1-3-4-5-6-7-12(2)23-17(21)24-16(20)22-11-13-8-9-14(18)15(19)10-13/h8-10,12H,3-7,11H2,1-2H3,(H5,20,21,22,23,24). The summed E-state index contributed by atoms with van der Waals surface area (Å²) in [5.41, 5.74) is 12.6. The Kier molecular flexibility index (Phi) is 9.57. The number of halogens is 2. The minimum atomic E-state index is 0.164. The number of rotatable bonds is 8. The first-order valence-corrected chi connectivity index (χ1v) is 9.02. The van der Waals surface area contributed by atoms with E-state index in [9.17, 15) is 0 Å². The van der Waals surface area contributed by atoms with Crippen molar-refractivity contribution < 1.29 is 0 Å². The Labute approximate surface area is 154 Å². The van der Waals surface area contributed by atoms with E-state index in [4.69, 9.17) is 34.7 Å². The molecule has 0 saturated heterocycles. The Hall–Kier alpha value is -1.46. The van der Waals surface area contributed by atoms with Gasteiger partial charge in [-0.2, -0.15) is 0 Å². The molecule has 0 saturated carbocycles. The van der Waals surface area contributed by atoms with E-state index in [1.807, 2.05) is 13.0 Å². The number of benzene rings is 1. The number of aliphatic imine (C=N–C) groups is 2. The zero-order valence-corrected chi connectivity index (χ0v) is 15.9. The topological polar surface area (TPSA) is 88.8 Å². The maximum absolute atomic E-state index is 5.97. The van der Waals surface area contributed by atoms with Crippen LogP contribution in [0.3, 0.4) is 0 Å². The van der Waals surface area contributed by atoms with Crippen molar-refractivity contribution in [1.29, 1.82) is 0 Å². The van der Waals surface area contributed by atoms with Crippen LogP contribution in [0.5, 0.6) is 0 Å². The molecule has 134 valence electrons. The van der Waals surface area contributed by atoms with Crippen molar-refractivity contribution in [2.24, 2.45) is 21.5 Å². The van der Waals surface area contributed by atoms with Gasteiger partial charge >= 0.3 is 0 Å². The van der Waals surface area contributed by atoms with Crippen LogP contribution in [0.1, 0.15) is 51.5 Å². The fourth-order valence-corrected chi connectivity index (χ4v) is 2.51. The predicted molar refractivity (Wildman–Crippen MR) is 105 cm³/mol. The highest BCUT2D eigenvalue weighted by molar-refractivity contribution is 6.42. The molecule has 7 heteroatoms. The predicted octanol–water partition coefficient (Wildman–Crippen LogP) is 4.07. The summed E-state index contributed by atoms with van der Waals surface area (Å²) in [6, 6.07) is 5.50. The van der Waals surface area contributed by atoms with Gasteiger partial charge in [0.2, 0.25) is 0 Å². The molecule has 1 aromatic rings. The SMILES string of the molecule is CCCCCCC(C)N=C(N)NC(N)=NCc1ccc(Cl)c(Cl)c1. The fourth-order valence-electron chi connectivity index (χ4n) is 2.19. The molecule has 1 unspecified atom stereocenters. The van der Waals surface area contributed by atoms with Crippen LogP contribution in [0, 0.1) is 0 Å². The molecule has 0 aliphatic heterocycles. The molecule has 0 fully saturated rings. The van der Waals surface area contributed by atoms with Crippen LogP contribution in [-0.4, -0.2) is 18.0 Å². The maximum atomic E-state index is 5.97. The van der Waals surface area contributed by atoms with Crippen molar-refractivity contribution in [2.75, 3.05) is 0 Å². The molecule has 0 bridgehead atoms. The van der Waals surface area contributed by atoms with Crippen molar-refractivity contribution in [1.82, 2.24) is 5.32 Å². The first-order valence-electron chi connectivity index (χ1n) is 8.26. The lowest BCUT2D eigenvalue weighted by atomic mass is 10.1. The molecular formula is C17H27Cl2N5. The molecule has 0 radical (unpaired) electrons. The van der Waals surface area contributed by atoms with Crippen LogP contribution in [0.4, 0.5) is 0 Å². The summed E-state index contributed by atoms with van der Waals surface area (Å²) < 4.78 is 0. The Morgan fingerprint density at radius 2 is 1.88 bits per heavy atom. The average Bonchev–Trinajstić information content (AvgIpc) is 2.52. The molecule has 1 atom stereocenters. The molecule has 0 amide bonds. The zero-order valence-electron chi connectivity index (χ0n) is 14.4. The highest BCUT2D eigenvalue weighted by atomic mass is 35.5. The molecular weight excluding hydrogens is 345 g/mol. The van der Waals surface area contributed by atoms with E-state index in [2.05, 4.69) is 22.2 Å². The fraction of sp³-hybridized carbons (Fsp3) is 0.529. The summed E-state index contributed by atoms with van der Waals surface area (Å²) in [4.78, 5) is 8.60. The quantitative estimate of drug-likeness (QED) is 0.365. The van der Waals surface area contributed by atoms with Gasteiger partial charge in [0.15, 0.2) is 11.9 Å². The second-order valence-electron chi connectivity index (χ2n) is 5.79. The minimum absolute atomic E-state index is 0.164. The summed E-state index contributed by atoms with van der Waals surface area (Å²) in [6.45, 7) is 4.63. The third-order valence-electron chi connectivity index (χ3n) is 3.51. The van der Waals surface area contributed by atoms with Gasteiger partial charge in [-0.1, -0.05) is 61.9 Å². The van der Waals surface area contributed by atoms with Gasteiger partial charge in [0.1, 0.15) is 0 Å². The lowest BCUT2D eigenvalue weighted by Gasteiger charge is -2.09. The van der Waals surface area contributed by atoms with Gasteiger partial charge in [-0.25, -0.2) is 4.99 Å². The summed E-state index contributed by atoms with van der Waals surface area (Å²) in [5.74, 6) is 0.508. The van der Waals surface area contributed by atoms with E-state index in [1.165, 1.54) is 19.3 Å². The van der Waals surface area contributed by atoms with Crippen molar-refractivity contribution >= 4 is 35.1 Å². The van der Waals surface area contributed by atoms with E-state index in [0.717, 1.165) is 18.4 Å². The monoisotopic (exact) mass is 371 g/mol. The number of hydrogen-bond donors (Lipinski definition) is 3. The third-order valence-corrected chi connectivity index (χ3v) is 4.25. The van der Waals surface area contributed by atoms with Gasteiger partial charge < -0.3 is 11.5 Å². The van der Waals surface area contributed by atoms with Crippen LogP contribution >= 0.6 is 23.2 Å². The molecule has 0 aliphatic carbocycles. The Balaban J connectivity index is 2.45. The average molecular weight is 372 g/mol. The van der Waals surface area contributed by atoms with E-state index < -0.39 is 0 Å². The molecule has 1 aromatic carbocycles. The Morgan fingerprint density at radius 3 is 2.54 bits per heavy atom. The Bertz CT molecular complexity index is 572. The molecule has 0 aliphatic rings. The van der Waals surface area contributed by atoms with Gasteiger partial charge in [-0.15, -0.1) is 0 Å². The second-order valence-corrected chi connectivity index (χ2v) is 6.60. The molecule has 0 aromatic heterocycles. The lowest BCUT2D eigenvalue weighted by molar-refractivity contribution is 0.575. The molecule has 5 nitrogen and oxygen atoms in total. The normalized spacial score (nSPS) is 13.8. The smallest absolute Gasteiger partial charge is 0.195 e. The largest absolute Gasteiger partial charge is 0.370 e. The Morgan fingerprint density at radius 1 is 1.12 bits per heavy atom. The van der Waals surface area contributed by atoms with E-state index in [-0.39, 0.29) is 18.0 Å². The number of guanidine groups is 2. The van der Waals surface area contributed by atoms with Gasteiger partial charge in [0.05, 0.1) is 22.6 Å². The van der Waals surface area contributed by atoms with E-state index >= 15 is 0 Å². The number of hydrogen-bond acceptors (Lipinski definition) is 2. The van der Waals surface area contributed by atoms with Gasteiger partial charge in [-0.3, -0.25) is 10.3 Å². The van der Waals surface area contributed by atoms with Crippen molar-refractivity contribution in [3.05, 3.63) is 33.8 Å². The maximum Gasteiger partial charge on any atom is 0.195 e. The molecule has 1 rings (SSSR count).